The number of rotatable bonds is 6. The molecule has 25 heavy (non-hydrogen) atoms. The van der Waals surface area contributed by atoms with Crippen LogP contribution in [0.4, 0.5) is 5.69 Å². The number of carbonyl (C=O) groups excluding carboxylic acids is 1. The van der Waals surface area contributed by atoms with Gasteiger partial charge in [0.25, 0.3) is 11.1 Å². The van der Waals surface area contributed by atoms with Crippen molar-refractivity contribution >= 4 is 28.9 Å². The molecule has 3 N–H and O–H groups in total. The smallest absolute Gasteiger partial charge is 0.276 e. The van der Waals surface area contributed by atoms with Gasteiger partial charge in [0.15, 0.2) is 0 Å². The van der Waals surface area contributed by atoms with Crippen LogP contribution in [0.5, 0.6) is 0 Å². The molecule has 1 amide bonds. The predicted octanol–water partition coefficient (Wildman–Crippen LogP) is 2.42. The Morgan fingerprint density at radius 2 is 2.28 bits per heavy atom. The van der Waals surface area contributed by atoms with Gasteiger partial charge in [0, 0.05) is 12.2 Å². The zero-order valence-corrected chi connectivity index (χ0v) is 14.7. The minimum atomic E-state index is -0.509. The quantitative estimate of drug-likeness (QED) is 0.651. The molecule has 8 nitrogen and oxygen atoms in total. The maximum absolute atomic E-state index is 11.8. The van der Waals surface area contributed by atoms with E-state index in [2.05, 4.69) is 27.5 Å². The number of thioether (sulfide) groups is 1. The van der Waals surface area contributed by atoms with E-state index in [0.717, 1.165) is 11.1 Å². The maximum Gasteiger partial charge on any atom is 0.276 e. The highest BCUT2D eigenvalue weighted by Gasteiger charge is 2.29. The molecule has 1 aliphatic rings. The van der Waals surface area contributed by atoms with Crippen molar-refractivity contribution in [1.82, 2.24) is 19.8 Å². The topological polar surface area (TPSA) is 111 Å². The number of hydrogen-bond donors (Lipinski definition) is 2. The molecule has 1 fully saturated rings. The van der Waals surface area contributed by atoms with Crippen LogP contribution >= 0.6 is 11.8 Å². The Morgan fingerprint density at radius 3 is 2.92 bits per heavy atom. The molecule has 0 unspecified atom stereocenters. The van der Waals surface area contributed by atoms with E-state index in [1.165, 1.54) is 30.8 Å². The molecule has 0 saturated heterocycles. The molecule has 0 spiro atoms. The summed E-state index contributed by atoms with van der Waals surface area (Å²) < 4.78 is 7.27. The van der Waals surface area contributed by atoms with Crippen LogP contribution in [0.25, 0.3) is 17.0 Å². The summed E-state index contributed by atoms with van der Waals surface area (Å²) in [6.07, 6.45) is 7.56. The molecule has 1 saturated carbocycles. The summed E-state index contributed by atoms with van der Waals surface area (Å²) in [6, 6.07) is 2.13. The molecule has 4 rings (SSSR count). The Bertz CT molecular complexity index is 945. The van der Waals surface area contributed by atoms with E-state index in [9.17, 15) is 4.79 Å². The Balaban J connectivity index is 1.80. The Labute approximate surface area is 148 Å². The number of hydrogen-bond acceptors (Lipinski definition) is 7. The molecule has 3 heterocycles. The van der Waals surface area contributed by atoms with Gasteiger partial charge >= 0.3 is 0 Å². The van der Waals surface area contributed by atoms with E-state index in [1.807, 2.05) is 12.3 Å². The number of primary amides is 1. The Morgan fingerprint density at radius 1 is 1.48 bits per heavy atom. The van der Waals surface area contributed by atoms with Gasteiger partial charge in [-0.25, -0.2) is 4.52 Å². The average molecular weight is 358 g/mol. The minimum Gasteiger partial charge on any atom is -0.411 e. The maximum atomic E-state index is 11.8. The zero-order chi connectivity index (χ0) is 17.6. The SMILES string of the molecule is CSc1nnc(-c2cc3c(N[C@H](C)C4CC4)c(C(N)=O)cnn3c2)o1. The van der Waals surface area contributed by atoms with E-state index >= 15 is 0 Å². The third-order valence-electron chi connectivity index (χ3n) is 4.43. The van der Waals surface area contributed by atoms with E-state index in [1.54, 1.807) is 10.7 Å². The van der Waals surface area contributed by atoms with Crippen molar-refractivity contribution < 1.29 is 9.21 Å². The largest absolute Gasteiger partial charge is 0.411 e. The highest BCUT2D eigenvalue weighted by atomic mass is 32.2. The lowest BCUT2D eigenvalue weighted by Crippen LogP contribution is -2.22. The summed E-state index contributed by atoms with van der Waals surface area (Å²) in [6.45, 7) is 2.12. The van der Waals surface area contributed by atoms with Gasteiger partial charge in [-0.1, -0.05) is 11.8 Å². The van der Waals surface area contributed by atoms with Crippen LogP contribution in [0, 0.1) is 5.92 Å². The first-order chi connectivity index (χ1) is 12.1. The first-order valence-electron chi connectivity index (χ1n) is 8.02. The fourth-order valence-corrected chi connectivity index (χ4v) is 3.15. The number of nitrogens with one attached hydrogen (secondary N) is 1. The summed E-state index contributed by atoms with van der Waals surface area (Å²) in [5.74, 6) is 0.533. The molecule has 130 valence electrons. The van der Waals surface area contributed by atoms with Crippen molar-refractivity contribution in [3.63, 3.8) is 0 Å². The van der Waals surface area contributed by atoms with Crippen molar-refractivity contribution in [2.45, 2.75) is 31.0 Å². The number of nitrogens with two attached hydrogens (primary N) is 1. The van der Waals surface area contributed by atoms with Gasteiger partial charge in [-0.3, -0.25) is 4.79 Å². The number of fused-ring (bicyclic) bond motifs is 1. The minimum absolute atomic E-state index is 0.258. The molecule has 0 aliphatic heterocycles. The Kier molecular flexibility index (Phi) is 3.87. The van der Waals surface area contributed by atoms with Crippen molar-refractivity contribution in [2.75, 3.05) is 11.6 Å². The molecular formula is C16H18N6O2S. The third kappa shape index (κ3) is 2.95. The summed E-state index contributed by atoms with van der Waals surface area (Å²) >= 11 is 1.38. The van der Waals surface area contributed by atoms with Gasteiger partial charge in [-0.15, -0.1) is 10.2 Å². The second-order valence-corrected chi connectivity index (χ2v) is 6.96. The zero-order valence-electron chi connectivity index (χ0n) is 13.9. The van der Waals surface area contributed by atoms with Gasteiger partial charge in [-0.05, 0) is 38.0 Å². The monoisotopic (exact) mass is 358 g/mol. The molecule has 3 aromatic heterocycles. The van der Waals surface area contributed by atoms with Gasteiger partial charge in [0.05, 0.1) is 28.5 Å². The summed E-state index contributed by atoms with van der Waals surface area (Å²) in [4.78, 5) is 11.8. The summed E-state index contributed by atoms with van der Waals surface area (Å²) in [7, 11) is 0. The van der Waals surface area contributed by atoms with Crippen LogP contribution in [0.3, 0.4) is 0 Å². The number of carbonyl (C=O) groups is 1. The van der Waals surface area contributed by atoms with E-state index in [4.69, 9.17) is 10.2 Å². The van der Waals surface area contributed by atoms with Crippen LogP contribution in [0.15, 0.2) is 28.1 Å². The molecule has 0 radical (unpaired) electrons. The summed E-state index contributed by atoms with van der Waals surface area (Å²) in [5.41, 5.74) is 8.10. The second-order valence-electron chi connectivity index (χ2n) is 6.20. The molecule has 3 aromatic rings. The van der Waals surface area contributed by atoms with Crippen LogP contribution in [-0.4, -0.2) is 38.0 Å². The lowest BCUT2D eigenvalue weighted by molar-refractivity contribution is 0.100. The van der Waals surface area contributed by atoms with E-state index < -0.39 is 5.91 Å². The second kappa shape index (κ2) is 6.07. The standard InChI is InChI=1S/C16H18N6O2S/c1-8(9-3-4-9)19-13-11(14(17)23)6-18-22-7-10(5-12(13)22)15-20-21-16(24-15)25-2/h5-9,19H,3-4H2,1-2H3,(H2,17,23)/t8-/m1/s1. The Hall–Kier alpha value is -2.55. The van der Waals surface area contributed by atoms with E-state index in [-0.39, 0.29) is 6.04 Å². The van der Waals surface area contributed by atoms with Crippen molar-refractivity contribution in [1.29, 1.82) is 0 Å². The van der Waals surface area contributed by atoms with Gasteiger partial charge in [0.1, 0.15) is 0 Å². The first kappa shape index (κ1) is 15.9. The lowest BCUT2D eigenvalue weighted by Gasteiger charge is -2.17. The van der Waals surface area contributed by atoms with E-state index in [0.29, 0.717) is 28.3 Å². The molecule has 1 aliphatic carbocycles. The number of anilines is 1. The molecular weight excluding hydrogens is 340 g/mol. The van der Waals surface area contributed by atoms with Gasteiger partial charge in [-0.2, -0.15) is 5.10 Å². The molecule has 9 heteroatoms. The highest BCUT2D eigenvalue weighted by molar-refractivity contribution is 7.98. The van der Waals surface area contributed by atoms with Crippen LogP contribution in [0.2, 0.25) is 0 Å². The van der Waals surface area contributed by atoms with Gasteiger partial charge < -0.3 is 15.5 Å². The fraction of sp³-hybridized carbons (Fsp3) is 0.375. The average Bonchev–Trinajstić information content (AvgIpc) is 3.18. The normalized spacial score (nSPS) is 15.4. The molecule has 0 aromatic carbocycles. The molecule has 1 atom stereocenters. The van der Waals surface area contributed by atoms with Crippen LogP contribution in [0.1, 0.15) is 30.1 Å². The highest BCUT2D eigenvalue weighted by Crippen LogP contribution is 2.36. The van der Waals surface area contributed by atoms with Crippen molar-refractivity contribution in [3.8, 4) is 11.5 Å². The predicted molar refractivity (Wildman–Crippen MR) is 94.6 cm³/mol. The van der Waals surface area contributed by atoms with Crippen molar-refractivity contribution in [3.05, 3.63) is 24.0 Å². The third-order valence-corrected chi connectivity index (χ3v) is 4.95. The van der Waals surface area contributed by atoms with Crippen molar-refractivity contribution in [2.24, 2.45) is 11.7 Å². The number of amides is 1. The fourth-order valence-electron chi connectivity index (χ4n) is 2.86. The van der Waals surface area contributed by atoms with Gasteiger partial charge in [0.2, 0.25) is 5.89 Å². The summed E-state index contributed by atoms with van der Waals surface area (Å²) in [5, 5.41) is 16.2. The first-order valence-corrected chi connectivity index (χ1v) is 9.25. The van der Waals surface area contributed by atoms with Crippen LogP contribution < -0.4 is 11.1 Å². The van der Waals surface area contributed by atoms with Crippen LogP contribution in [-0.2, 0) is 0 Å². The lowest BCUT2D eigenvalue weighted by atomic mass is 10.1. The molecule has 0 bridgehead atoms. The number of aromatic nitrogens is 4. The number of nitrogens with zero attached hydrogens (tertiary/aromatic N) is 4.